The monoisotopic (exact) mass is 276 g/mol. The Hall–Kier alpha value is -1.82. The summed E-state index contributed by atoms with van der Waals surface area (Å²) in [6, 6.07) is 8.05. The molecule has 0 bridgehead atoms. The Kier molecular flexibility index (Phi) is 4.21. The van der Waals surface area contributed by atoms with E-state index < -0.39 is 0 Å². The van der Waals surface area contributed by atoms with Crippen molar-refractivity contribution in [1.29, 1.82) is 0 Å². The number of rotatable bonds is 2. The summed E-state index contributed by atoms with van der Waals surface area (Å²) >= 11 is 1.35. The molecule has 1 aliphatic rings. The van der Waals surface area contributed by atoms with E-state index in [9.17, 15) is 4.79 Å². The number of hydrogen-bond donors (Lipinski definition) is 1. The minimum absolute atomic E-state index is 0.0840. The minimum atomic E-state index is -0.152. The Morgan fingerprint density at radius 1 is 1.37 bits per heavy atom. The standard InChI is InChI=1S/C13H16N4OS/c1-9-12(18)15-16-13(19-9)14-8-10-4-6-11(7-5-10)17(2)3/h4-9H,1-3H3,(H,15,18)/b14-8+. The van der Waals surface area contributed by atoms with Crippen LogP contribution in [0.1, 0.15) is 12.5 Å². The average molecular weight is 276 g/mol. The number of carbonyl (C=O) groups excluding carboxylic acids is 1. The number of hydrogen-bond acceptors (Lipinski definition) is 5. The summed E-state index contributed by atoms with van der Waals surface area (Å²) in [6.07, 6.45) is 1.75. The highest BCUT2D eigenvalue weighted by Crippen LogP contribution is 2.17. The molecule has 1 amide bonds. The molecule has 0 radical (unpaired) electrons. The van der Waals surface area contributed by atoms with Crippen molar-refractivity contribution in [3.8, 4) is 0 Å². The molecule has 0 aliphatic carbocycles. The fourth-order valence-electron chi connectivity index (χ4n) is 1.48. The van der Waals surface area contributed by atoms with Crippen molar-refractivity contribution in [1.82, 2.24) is 5.43 Å². The average Bonchev–Trinajstić information content (AvgIpc) is 2.40. The summed E-state index contributed by atoms with van der Waals surface area (Å²) < 4.78 is 0. The topological polar surface area (TPSA) is 57.1 Å². The van der Waals surface area contributed by atoms with Crippen LogP contribution in [-0.4, -0.2) is 36.6 Å². The Balaban J connectivity index is 2.04. The zero-order valence-electron chi connectivity index (χ0n) is 11.1. The quantitative estimate of drug-likeness (QED) is 0.836. The van der Waals surface area contributed by atoms with Crippen LogP contribution in [0.5, 0.6) is 0 Å². The molecule has 5 nitrogen and oxygen atoms in total. The molecule has 100 valence electrons. The highest BCUT2D eigenvalue weighted by molar-refractivity contribution is 8.15. The molecule has 1 atom stereocenters. The lowest BCUT2D eigenvalue weighted by molar-refractivity contribution is -0.120. The van der Waals surface area contributed by atoms with Crippen LogP contribution in [0.3, 0.4) is 0 Å². The van der Waals surface area contributed by atoms with Crippen LogP contribution in [-0.2, 0) is 4.79 Å². The second kappa shape index (κ2) is 5.88. The van der Waals surface area contributed by atoms with E-state index in [2.05, 4.69) is 15.5 Å². The molecule has 1 aromatic carbocycles. The van der Waals surface area contributed by atoms with E-state index >= 15 is 0 Å². The molecule has 0 saturated heterocycles. The van der Waals surface area contributed by atoms with Gasteiger partial charge in [0.25, 0.3) is 5.91 Å². The van der Waals surface area contributed by atoms with Crippen LogP contribution < -0.4 is 10.3 Å². The van der Waals surface area contributed by atoms with Crippen LogP contribution in [0.4, 0.5) is 5.69 Å². The zero-order valence-corrected chi connectivity index (χ0v) is 11.9. The fraction of sp³-hybridized carbons (Fsp3) is 0.308. The number of aliphatic imine (C=N–C) groups is 1. The maximum absolute atomic E-state index is 11.2. The lowest BCUT2D eigenvalue weighted by Gasteiger charge is -2.14. The van der Waals surface area contributed by atoms with E-state index in [0.29, 0.717) is 5.17 Å². The molecule has 1 aromatic rings. The van der Waals surface area contributed by atoms with Gasteiger partial charge in [-0.3, -0.25) is 4.79 Å². The van der Waals surface area contributed by atoms with Crippen molar-refractivity contribution in [2.45, 2.75) is 12.2 Å². The number of amides is 1. The van der Waals surface area contributed by atoms with Gasteiger partial charge in [0.15, 0.2) is 0 Å². The van der Waals surface area contributed by atoms with Gasteiger partial charge in [-0.05, 0) is 24.6 Å². The van der Waals surface area contributed by atoms with Gasteiger partial charge in [0, 0.05) is 26.0 Å². The zero-order chi connectivity index (χ0) is 13.8. The lowest BCUT2D eigenvalue weighted by Crippen LogP contribution is -2.32. The summed E-state index contributed by atoms with van der Waals surface area (Å²) in [4.78, 5) is 17.5. The summed E-state index contributed by atoms with van der Waals surface area (Å²) in [5.41, 5.74) is 4.59. The van der Waals surface area contributed by atoms with Crippen molar-refractivity contribution < 1.29 is 4.79 Å². The lowest BCUT2D eigenvalue weighted by atomic mass is 10.2. The largest absolute Gasteiger partial charge is 0.378 e. The summed E-state index contributed by atoms with van der Waals surface area (Å²) in [5.74, 6) is -0.0840. The molecule has 0 aromatic heterocycles. The van der Waals surface area contributed by atoms with Crippen LogP contribution in [0.15, 0.2) is 34.4 Å². The van der Waals surface area contributed by atoms with E-state index in [4.69, 9.17) is 0 Å². The van der Waals surface area contributed by atoms with Crippen molar-refractivity contribution in [3.05, 3.63) is 29.8 Å². The van der Waals surface area contributed by atoms with Gasteiger partial charge in [-0.15, -0.1) is 5.10 Å². The molecule has 1 aliphatic heterocycles. The Bertz CT molecular complexity index is 522. The van der Waals surface area contributed by atoms with E-state index in [0.717, 1.165) is 11.3 Å². The molecule has 2 rings (SSSR count). The Labute approximate surface area is 116 Å². The minimum Gasteiger partial charge on any atom is -0.378 e. The highest BCUT2D eigenvalue weighted by atomic mass is 32.2. The third-order valence-electron chi connectivity index (χ3n) is 2.65. The number of nitrogens with one attached hydrogen (secondary N) is 1. The highest BCUT2D eigenvalue weighted by Gasteiger charge is 2.20. The second-order valence-electron chi connectivity index (χ2n) is 4.37. The van der Waals surface area contributed by atoms with Gasteiger partial charge < -0.3 is 4.90 Å². The van der Waals surface area contributed by atoms with Gasteiger partial charge in [0.1, 0.15) is 0 Å². The van der Waals surface area contributed by atoms with Gasteiger partial charge in [-0.2, -0.15) is 0 Å². The van der Waals surface area contributed by atoms with Crippen molar-refractivity contribution in [3.63, 3.8) is 0 Å². The summed E-state index contributed by atoms with van der Waals surface area (Å²) in [5, 5.41) is 4.32. The molecule has 0 saturated carbocycles. The Morgan fingerprint density at radius 3 is 2.63 bits per heavy atom. The van der Waals surface area contributed by atoms with E-state index in [1.54, 1.807) is 6.21 Å². The van der Waals surface area contributed by atoms with Gasteiger partial charge in [0.05, 0.1) is 5.25 Å². The smallest absolute Gasteiger partial charge is 0.253 e. The van der Waals surface area contributed by atoms with E-state index in [1.807, 2.05) is 50.2 Å². The molecule has 1 unspecified atom stereocenters. The first-order valence-electron chi connectivity index (χ1n) is 5.92. The predicted octanol–water partition coefficient (Wildman–Crippen LogP) is 1.69. The number of hydrazone groups is 1. The van der Waals surface area contributed by atoms with Gasteiger partial charge in [-0.1, -0.05) is 23.9 Å². The van der Waals surface area contributed by atoms with E-state index in [-0.39, 0.29) is 11.2 Å². The molecular weight excluding hydrogens is 260 g/mol. The molecule has 19 heavy (non-hydrogen) atoms. The van der Waals surface area contributed by atoms with Gasteiger partial charge in [-0.25, -0.2) is 10.4 Å². The van der Waals surface area contributed by atoms with E-state index in [1.165, 1.54) is 11.8 Å². The molecule has 1 N–H and O–H groups in total. The number of carbonyl (C=O) groups is 1. The van der Waals surface area contributed by atoms with Crippen molar-refractivity contribution >= 4 is 34.7 Å². The van der Waals surface area contributed by atoms with Crippen LogP contribution in [0, 0.1) is 0 Å². The third-order valence-corrected chi connectivity index (χ3v) is 3.62. The number of benzene rings is 1. The van der Waals surface area contributed by atoms with Crippen molar-refractivity contribution in [2.75, 3.05) is 19.0 Å². The normalized spacial score (nSPS) is 19.2. The van der Waals surface area contributed by atoms with Crippen LogP contribution in [0.25, 0.3) is 0 Å². The molecule has 6 heteroatoms. The number of nitrogens with zero attached hydrogens (tertiary/aromatic N) is 3. The third kappa shape index (κ3) is 3.57. The first-order valence-corrected chi connectivity index (χ1v) is 6.80. The maximum Gasteiger partial charge on any atom is 0.253 e. The maximum atomic E-state index is 11.2. The molecular formula is C13H16N4OS. The van der Waals surface area contributed by atoms with Crippen molar-refractivity contribution in [2.24, 2.45) is 10.1 Å². The summed E-state index contributed by atoms with van der Waals surface area (Å²) in [7, 11) is 4.00. The van der Waals surface area contributed by atoms with Crippen LogP contribution in [0.2, 0.25) is 0 Å². The SMILES string of the molecule is CC1SC(/N=C/c2ccc(N(C)C)cc2)=NNC1=O. The van der Waals surface area contributed by atoms with Gasteiger partial charge >= 0.3 is 0 Å². The first-order chi connectivity index (χ1) is 9.06. The Morgan fingerprint density at radius 2 is 2.05 bits per heavy atom. The number of anilines is 1. The first kappa shape index (κ1) is 13.6. The fourth-order valence-corrected chi connectivity index (χ4v) is 2.17. The summed E-state index contributed by atoms with van der Waals surface area (Å²) in [6.45, 7) is 1.83. The molecule has 0 spiro atoms. The number of thioether (sulfide) groups is 1. The molecule has 1 heterocycles. The predicted molar refractivity (Wildman–Crippen MR) is 81.0 cm³/mol. The second-order valence-corrected chi connectivity index (χ2v) is 5.68. The number of amidine groups is 1. The molecule has 0 fully saturated rings. The van der Waals surface area contributed by atoms with Crippen LogP contribution >= 0.6 is 11.8 Å². The van der Waals surface area contributed by atoms with Gasteiger partial charge in [0.2, 0.25) is 5.17 Å².